The van der Waals surface area contributed by atoms with Crippen molar-refractivity contribution in [3.05, 3.63) is 23.9 Å². The SMILES string of the molecule is NC(=O)N1C=C(C(=O)O)C=CC1(CS(=O)O)CS(=O)O. The van der Waals surface area contributed by atoms with Crippen LogP contribution < -0.4 is 5.73 Å². The second-order valence-corrected chi connectivity index (χ2v) is 5.83. The molecule has 0 bridgehead atoms. The van der Waals surface area contributed by atoms with E-state index in [-0.39, 0.29) is 5.57 Å². The van der Waals surface area contributed by atoms with Gasteiger partial charge in [0.25, 0.3) is 0 Å². The van der Waals surface area contributed by atoms with Crippen LogP contribution in [0.3, 0.4) is 0 Å². The highest BCUT2D eigenvalue weighted by molar-refractivity contribution is 7.80. The molecule has 5 N–H and O–H groups in total. The second kappa shape index (κ2) is 6.26. The molecule has 2 unspecified atom stereocenters. The average molecular weight is 324 g/mol. The maximum Gasteiger partial charge on any atom is 0.337 e. The van der Waals surface area contributed by atoms with E-state index >= 15 is 0 Å². The molecule has 2 amide bonds. The van der Waals surface area contributed by atoms with E-state index in [1.54, 1.807) is 0 Å². The molecule has 1 aliphatic heterocycles. The van der Waals surface area contributed by atoms with Crippen molar-refractivity contribution in [3.8, 4) is 0 Å². The van der Waals surface area contributed by atoms with Gasteiger partial charge in [0.1, 0.15) is 0 Å². The Hall–Kier alpha value is -1.56. The summed E-state index contributed by atoms with van der Waals surface area (Å²) in [7, 11) is 0. The first-order valence-electron chi connectivity index (χ1n) is 5.06. The summed E-state index contributed by atoms with van der Waals surface area (Å²) in [5.74, 6) is -2.50. The summed E-state index contributed by atoms with van der Waals surface area (Å²) in [6.45, 7) is 0. The number of carboxylic acid groups (broad SMARTS) is 1. The Balaban J connectivity index is 3.31. The van der Waals surface area contributed by atoms with Gasteiger partial charge in [-0.1, -0.05) is 6.08 Å². The van der Waals surface area contributed by atoms with E-state index < -0.39 is 51.2 Å². The smallest absolute Gasteiger partial charge is 0.337 e. The number of carboxylic acids is 1. The molecule has 0 aromatic rings. The normalized spacial score (nSPS) is 24.9. The quantitative estimate of drug-likeness (QED) is 0.476. The van der Waals surface area contributed by atoms with Gasteiger partial charge in [-0.15, -0.1) is 0 Å². The van der Waals surface area contributed by atoms with Crippen molar-refractivity contribution < 1.29 is 32.2 Å². The molecule has 112 valence electrons. The number of rotatable bonds is 5. The maximum absolute atomic E-state index is 11.4. The molecular weight excluding hydrogens is 312 g/mol. The molecule has 0 fully saturated rings. The molecule has 0 aromatic carbocycles. The maximum atomic E-state index is 11.4. The van der Waals surface area contributed by atoms with Crippen molar-refractivity contribution in [2.45, 2.75) is 5.54 Å². The summed E-state index contributed by atoms with van der Waals surface area (Å²) >= 11 is -4.80. The van der Waals surface area contributed by atoms with Crippen molar-refractivity contribution in [1.82, 2.24) is 4.90 Å². The number of carbonyl (C=O) groups excluding carboxylic acids is 1. The van der Waals surface area contributed by atoms with Crippen LogP contribution in [-0.4, -0.2) is 56.6 Å². The van der Waals surface area contributed by atoms with Gasteiger partial charge in [-0.25, -0.2) is 18.0 Å². The molecule has 2 atom stereocenters. The zero-order valence-corrected chi connectivity index (χ0v) is 11.6. The van der Waals surface area contributed by atoms with Crippen LogP contribution in [0.4, 0.5) is 4.79 Å². The Morgan fingerprint density at radius 3 is 2.10 bits per heavy atom. The molecule has 0 spiro atoms. The topological polar surface area (TPSA) is 158 Å². The number of aliphatic carboxylic acids is 1. The molecular formula is C9H12N2O7S2. The molecule has 0 saturated heterocycles. The zero-order chi connectivity index (χ0) is 15.5. The lowest BCUT2D eigenvalue weighted by atomic mass is 9.97. The predicted molar refractivity (Wildman–Crippen MR) is 70.3 cm³/mol. The fraction of sp³-hybridized carbons (Fsp3) is 0.333. The van der Waals surface area contributed by atoms with Crippen LogP contribution in [0, 0.1) is 0 Å². The van der Waals surface area contributed by atoms with Crippen molar-refractivity contribution in [2.75, 3.05) is 11.5 Å². The largest absolute Gasteiger partial charge is 0.478 e. The fourth-order valence-corrected chi connectivity index (χ4v) is 3.41. The van der Waals surface area contributed by atoms with Crippen LogP contribution in [0.25, 0.3) is 0 Å². The molecule has 1 rings (SSSR count). The Morgan fingerprint density at radius 1 is 1.25 bits per heavy atom. The summed E-state index contributed by atoms with van der Waals surface area (Å²) in [5, 5.41) is 8.85. The van der Waals surface area contributed by atoms with Crippen LogP contribution in [0.1, 0.15) is 0 Å². The molecule has 0 saturated carbocycles. The van der Waals surface area contributed by atoms with E-state index in [0.29, 0.717) is 4.90 Å². The highest BCUT2D eigenvalue weighted by Crippen LogP contribution is 2.26. The molecule has 0 aromatic heterocycles. The molecule has 9 nitrogen and oxygen atoms in total. The lowest BCUT2D eigenvalue weighted by Crippen LogP contribution is -2.57. The first-order valence-corrected chi connectivity index (χ1v) is 7.61. The summed E-state index contributed by atoms with van der Waals surface area (Å²) in [4.78, 5) is 23.0. The number of urea groups is 1. The molecule has 1 heterocycles. The minimum absolute atomic E-state index is 0.285. The first-order chi connectivity index (χ1) is 9.18. The highest BCUT2D eigenvalue weighted by atomic mass is 32.2. The molecule has 0 aliphatic carbocycles. The van der Waals surface area contributed by atoms with Gasteiger partial charge in [0, 0.05) is 6.20 Å². The number of primary amides is 1. The van der Waals surface area contributed by atoms with E-state index in [1.807, 2.05) is 0 Å². The van der Waals surface area contributed by atoms with Gasteiger partial charge in [0.2, 0.25) is 0 Å². The standard InChI is InChI=1S/C9H12N2O7S2/c10-8(14)11-3-6(7(12)13)1-2-9(11,4-19(15)16)5-20(17)18/h1-3H,4-5H2,(H2,10,14)(H,12,13)(H,15,16)(H,17,18). The summed E-state index contributed by atoms with van der Waals surface area (Å²) in [5.41, 5.74) is 3.19. The number of hydrogen-bond donors (Lipinski definition) is 4. The summed E-state index contributed by atoms with van der Waals surface area (Å²) in [6.07, 6.45) is 3.06. The van der Waals surface area contributed by atoms with Gasteiger partial charge in [0.15, 0.2) is 22.2 Å². The summed E-state index contributed by atoms with van der Waals surface area (Å²) in [6, 6.07) is -1.11. The van der Waals surface area contributed by atoms with Gasteiger partial charge in [-0.3, -0.25) is 4.90 Å². The van der Waals surface area contributed by atoms with Crippen molar-refractivity contribution in [2.24, 2.45) is 5.73 Å². The van der Waals surface area contributed by atoms with Gasteiger partial charge < -0.3 is 19.9 Å². The van der Waals surface area contributed by atoms with Crippen molar-refractivity contribution in [3.63, 3.8) is 0 Å². The minimum Gasteiger partial charge on any atom is -0.478 e. The molecule has 0 radical (unpaired) electrons. The van der Waals surface area contributed by atoms with Crippen LogP contribution in [0.5, 0.6) is 0 Å². The lowest BCUT2D eigenvalue weighted by Gasteiger charge is -2.39. The van der Waals surface area contributed by atoms with Gasteiger partial charge in [0.05, 0.1) is 22.6 Å². The van der Waals surface area contributed by atoms with Crippen LogP contribution in [0.15, 0.2) is 23.9 Å². The minimum atomic E-state index is -2.40. The Kier molecular flexibility index (Phi) is 5.16. The third kappa shape index (κ3) is 3.72. The van der Waals surface area contributed by atoms with Gasteiger partial charge >= 0.3 is 12.0 Å². The van der Waals surface area contributed by atoms with E-state index in [9.17, 15) is 18.0 Å². The second-order valence-electron chi connectivity index (χ2n) is 3.97. The number of nitrogens with two attached hydrogens (primary N) is 1. The molecule has 20 heavy (non-hydrogen) atoms. The first kappa shape index (κ1) is 16.5. The van der Waals surface area contributed by atoms with E-state index in [4.69, 9.17) is 19.9 Å². The number of nitrogens with zero attached hydrogens (tertiary/aromatic N) is 1. The van der Waals surface area contributed by atoms with Crippen molar-refractivity contribution in [1.29, 1.82) is 0 Å². The summed E-state index contributed by atoms with van der Waals surface area (Å²) < 4.78 is 40.0. The van der Waals surface area contributed by atoms with E-state index in [2.05, 4.69) is 0 Å². The third-order valence-corrected chi connectivity index (χ3v) is 4.05. The Bertz CT molecular complexity index is 526. The fourth-order valence-electron chi connectivity index (χ4n) is 1.75. The number of carbonyl (C=O) groups is 2. The Morgan fingerprint density at radius 2 is 1.75 bits per heavy atom. The number of hydrogen-bond acceptors (Lipinski definition) is 4. The van der Waals surface area contributed by atoms with Gasteiger partial charge in [-0.05, 0) is 6.08 Å². The predicted octanol–water partition coefficient (Wildman–Crippen LogP) is -0.912. The van der Waals surface area contributed by atoms with Crippen molar-refractivity contribution >= 4 is 34.2 Å². The van der Waals surface area contributed by atoms with Crippen LogP contribution in [-0.2, 0) is 27.0 Å². The molecule has 11 heteroatoms. The van der Waals surface area contributed by atoms with Gasteiger partial charge in [-0.2, -0.15) is 0 Å². The molecule has 1 aliphatic rings. The van der Waals surface area contributed by atoms with Crippen LogP contribution >= 0.6 is 0 Å². The lowest BCUT2D eigenvalue weighted by molar-refractivity contribution is -0.132. The van der Waals surface area contributed by atoms with E-state index in [1.165, 1.54) is 0 Å². The third-order valence-electron chi connectivity index (χ3n) is 2.55. The average Bonchev–Trinajstić information content (AvgIpc) is 2.26. The zero-order valence-electron chi connectivity index (χ0n) is 9.96. The Labute approximate surface area is 118 Å². The monoisotopic (exact) mass is 324 g/mol. The highest BCUT2D eigenvalue weighted by Gasteiger charge is 2.41. The van der Waals surface area contributed by atoms with Crippen LogP contribution in [0.2, 0.25) is 0 Å². The van der Waals surface area contributed by atoms with E-state index in [0.717, 1.165) is 18.4 Å². The number of amides is 2.